The van der Waals surface area contributed by atoms with Crippen LogP contribution in [0.2, 0.25) is 0 Å². The number of methoxy groups -OCH3 is 1. The SMILES string of the molecule is COc1ccc(-c2n[nH]c3c2C[C@H](N)CC3)cc1. The van der Waals surface area contributed by atoms with E-state index in [1.54, 1.807) is 7.11 Å². The highest BCUT2D eigenvalue weighted by Crippen LogP contribution is 2.29. The highest BCUT2D eigenvalue weighted by Gasteiger charge is 2.21. The maximum atomic E-state index is 6.04. The van der Waals surface area contributed by atoms with Gasteiger partial charge >= 0.3 is 0 Å². The van der Waals surface area contributed by atoms with Crippen LogP contribution in [0.25, 0.3) is 11.3 Å². The van der Waals surface area contributed by atoms with Crippen molar-refractivity contribution in [2.75, 3.05) is 7.11 Å². The summed E-state index contributed by atoms with van der Waals surface area (Å²) in [6.45, 7) is 0. The van der Waals surface area contributed by atoms with Crippen LogP contribution in [-0.4, -0.2) is 23.3 Å². The molecule has 1 heterocycles. The molecule has 0 bridgehead atoms. The zero-order valence-electron chi connectivity index (χ0n) is 10.4. The first-order chi connectivity index (χ1) is 8.78. The summed E-state index contributed by atoms with van der Waals surface area (Å²) in [5.41, 5.74) is 10.7. The van der Waals surface area contributed by atoms with Crippen molar-refractivity contribution in [2.24, 2.45) is 5.73 Å². The summed E-state index contributed by atoms with van der Waals surface area (Å²) in [7, 11) is 1.67. The van der Waals surface area contributed by atoms with Gasteiger partial charge in [-0.2, -0.15) is 5.10 Å². The Morgan fingerprint density at radius 1 is 1.33 bits per heavy atom. The monoisotopic (exact) mass is 243 g/mol. The molecule has 1 aromatic heterocycles. The lowest BCUT2D eigenvalue weighted by atomic mass is 9.90. The van der Waals surface area contributed by atoms with Gasteiger partial charge in [-0.15, -0.1) is 0 Å². The Bertz CT molecular complexity index is 545. The number of aromatic amines is 1. The minimum atomic E-state index is 0.257. The van der Waals surface area contributed by atoms with Gasteiger partial charge in [-0.25, -0.2) is 0 Å². The molecule has 0 saturated heterocycles. The van der Waals surface area contributed by atoms with Gasteiger partial charge in [0.1, 0.15) is 5.75 Å². The molecular formula is C14H17N3O. The molecule has 18 heavy (non-hydrogen) atoms. The zero-order valence-corrected chi connectivity index (χ0v) is 10.4. The van der Waals surface area contributed by atoms with Gasteiger partial charge in [0.05, 0.1) is 12.8 Å². The number of aryl methyl sites for hydroxylation is 1. The van der Waals surface area contributed by atoms with E-state index in [9.17, 15) is 0 Å². The summed E-state index contributed by atoms with van der Waals surface area (Å²) in [5, 5.41) is 7.57. The van der Waals surface area contributed by atoms with Crippen LogP contribution < -0.4 is 10.5 Å². The van der Waals surface area contributed by atoms with Crippen LogP contribution in [0.15, 0.2) is 24.3 Å². The van der Waals surface area contributed by atoms with Crippen molar-refractivity contribution in [3.8, 4) is 17.0 Å². The van der Waals surface area contributed by atoms with Crippen LogP contribution in [-0.2, 0) is 12.8 Å². The van der Waals surface area contributed by atoms with Crippen molar-refractivity contribution in [1.29, 1.82) is 0 Å². The summed E-state index contributed by atoms with van der Waals surface area (Å²) >= 11 is 0. The second kappa shape index (κ2) is 4.46. The van der Waals surface area contributed by atoms with E-state index >= 15 is 0 Å². The molecule has 4 heteroatoms. The van der Waals surface area contributed by atoms with Gasteiger partial charge in [0.25, 0.3) is 0 Å². The van der Waals surface area contributed by atoms with Crippen LogP contribution in [0.3, 0.4) is 0 Å². The predicted molar refractivity (Wildman–Crippen MR) is 70.6 cm³/mol. The lowest BCUT2D eigenvalue weighted by molar-refractivity contribution is 0.415. The molecule has 94 valence electrons. The number of nitrogens with zero attached hydrogens (tertiary/aromatic N) is 1. The summed E-state index contributed by atoms with van der Waals surface area (Å²) in [4.78, 5) is 0. The number of nitrogens with two attached hydrogens (primary N) is 1. The summed E-state index contributed by atoms with van der Waals surface area (Å²) in [6, 6.07) is 8.25. The molecule has 1 atom stereocenters. The number of aromatic nitrogens is 2. The molecule has 0 unspecified atom stereocenters. The topological polar surface area (TPSA) is 63.9 Å². The summed E-state index contributed by atoms with van der Waals surface area (Å²) < 4.78 is 5.17. The quantitative estimate of drug-likeness (QED) is 0.846. The number of rotatable bonds is 2. The van der Waals surface area contributed by atoms with Crippen LogP contribution >= 0.6 is 0 Å². The molecule has 1 aliphatic rings. The average Bonchev–Trinajstić information content (AvgIpc) is 2.82. The van der Waals surface area contributed by atoms with Crippen molar-refractivity contribution < 1.29 is 4.74 Å². The minimum absolute atomic E-state index is 0.257. The van der Waals surface area contributed by atoms with Crippen LogP contribution in [0, 0.1) is 0 Å². The fraction of sp³-hybridized carbons (Fsp3) is 0.357. The highest BCUT2D eigenvalue weighted by molar-refractivity contribution is 5.65. The van der Waals surface area contributed by atoms with Gasteiger partial charge in [0.15, 0.2) is 0 Å². The number of hydrogen-bond acceptors (Lipinski definition) is 3. The van der Waals surface area contributed by atoms with Crippen molar-refractivity contribution >= 4 is 0 Å². The third-order valence-corrected chi connectivity index (χ3v) is 3.55. The van der Waals surface area contributed by atoms with E-state index in [0.29, 0.717) is 0 Å². The van der Waals surface area contributed by atoms with Crippen LogP contribution in [0.5, 0.6) is 5.75 Å². The molecule has 1 aromatic carbocycles. The normalized spacial score (nSPS) is 18.4. The Hall–Kier alpha value is -1.81. The smallest absolute Gasteiger partial charge is 0.118 e. The number of benzene rings is 1. The van der Waals surface area contributed by atoms with Gasteiger partial charge in [-0.3, -0.25) is 5.10 Å². The van der Waals surface area contributed by atoms with E-state index in [2.05, 4.69) is 10.2 Å². The van der Waals surface area contributed by atoms with E-state index in [0.717, 1.165) is 36.3 Å². The van der Waals surface area contributed by atoms with Crippen LogP contribution in [0.4, 0.5) is 0 Å². The minimum Gasteiger partial charge on any atom is -0.497 e. The fourth-order valence-electron chi connectivity index (χ4n) is 2.51. The van der Waals surface area contributed by atoms with Crippen molar-refractivity contribution in [3.05, 3.63) is 35.5 Å². The molecule has 1 aliphatic carbocycles. The van der Waals surface area contributed by atoms with E-state index in [1.807, 2.05) is 24.3 Å². The van der Waals surface area contributed by atoms with E-state index < -0.39 is 0 Å². The number of H-pyrrole nitrogens is 1. The Labute approximate surface area is 106 Å². The number of ether oxygens (including phenoxy) is 1. The molecule has 0 amide bonds. The van der Waals surface area contributed by atoms with Gasteiger partial charge in [-0.05, 0) is 43.5 Å². The molecule has 0 radical (unpaired) electrons. The molecule has 3 N–H and O–H groups in total. The molecular weight excluding hydrogens is 226 g/mol. The fourth-order valence-corrected chi connectivity index (χ4v) is 2.51. The molecule has 4 nitrogen and oxygen atoms in total. The van der Waals surface area contributed by atoms with E-state index in [1.165, 1.54) is 11.3 Å². The van der Waals surface area contributed by atoms with E-state index in [-0.39, 0.29) is 6.04 Å². The average molecular weight is 243 g/mol. The first-order valence-electron chi connectivity index (χ1n) is 6.24. The van der Waals surface area contributed by atoms with Crippen molar-refractivity contribution in [3.63, 3.8) is 0 Å². The third-order valence-electron chi connectivity index (χ3n) is 3.55. The second-order valence-electron chi connectivity index (χ2n) is 4.76. The Morgan fingerprint density at radius 3 is 2.83 bits per heavy atom. The van der Waals surface area contributed by atoms with Crippen molar-refractivity contribution in [2.45, 2.75) is 25.3 Å². The first-order valence-corrected chi connectivity index (χ1v) is 6.24. The molecule has 3 rings (SSSR count). The Balaban J connectivity index is 1.98. The highest BCUT2D eigenvalue weighted by atomic mass is 16.5. The molecule has 0 fully saturated rings. The second-order valence-corrected chi connectivity index (χ2v) is 4.76. The van der Waals surface area contributed by atoms with Crippen molar-refractivity contribution in [1.82, 2.24) is 10.2 Å². The molecule has 0 spiro atoms. The van der Waals surface area contributed by atoms with Gasteiger partial charge in [0.2, 0.25) is 0 Å². The Kier molecular flexibility index (Phi) is 2.80. The lowest BCUT2D eigenvalue weighted by Crippen LogP contribution is -2.27. The maximum absolute atomic E-state index is 6.04. The molecule has 2 aromatic rings. The number of nitrogens with one attached hydrogen (secondary N) is 1. The summed E-state index contributed by atoms with van der Waals surface area (Å²) in [5.74, 6) is 0.861. The number of fused-ring (bicyclic) bond motifs is 1. The standard InChI is InChI=1S/C14H17N3O/c1-18-11-5-2-9(3-6-11)14-12-8-10(15)4-7-13(12)16-17-14/h2-3,5-6,10H,4,7-8,15H2,1H3,(H,16,17)/t10-/m1/s1. The maximum Gasteiger partial charge on any atom is 0.118 e. The van der Waals surface area contributed by atoms with E-state index in [4.69, 9.17) is 10.5 Å². The third kappa shape index (κ3) is 1.88. The Morgan fingerprint density at radius 2 is 2.11 bits per heavy atom. The number of hydrogen-bond donors (Lipinski definition) is 2. The largest absolute Gasteiger partial charge is 0.497 e. The molecule has 0 aliphatic heterocycles. The predicted octanol–water partition coefficient (Wildman–Crippen LogP) is 1.90. The lowest BCUT2D eigenvalue weighted by Gasteiger charge is -2.18. The first kappa shape index (κ1) is 11.3. The summed E-state index contributed by atoms with van der Waals surface area (Å²) in [6.07, 6.45) is 2.95. The van der Waals surface area contributed by atoms with Gasteiger partial charge in [-0.1, -0.05) is 0 Å². The van der Waals surface area contributed by atoms with Crippen LogP contribution in [0.1, 0.15) is 17.7 Å². The van der Waals surface area contributed by atoms with Gasteiger partial charge in [0, 0.05) is 22.9 Å². The zero-order chi connectivity index (χ0) is 12.5. The molecule has 0 saturated carbocycles. The van der Waals surface area contributed by atoms with Gasteiger partial charge < -0.3 is 10.5 Å².